The highest BCUT2D eigenvalue weighted by Gasteiger charge is 2.17. The Morgan fingerprint density at radius 3 is 2.62 bits per heavy atom. The average Bonchev–Trinajstić information content (AvgIpc) is 2.53. The molecule has 0 saturated carbocycles. The Kier molecular flexibility index (Phi) is 4.89. The summed E-state index contributed by atoms with van der Waals surface area (Å²) in [5, 5.41) is 9.21. The van der Waals surface area contributed by atoms with Crippen LogP contribution in [0.15, 0.2) is 47.5 Å². The van der Waals surface area contributed by atoms with Crippen LogP contribution in [0.3, 0.4) is 0 Å². The van der Waals surface area contributed by atoms with Crippen molar-refractivity contribution >= 4 is 10.0 Å². The van der Waals surface area contributed by atoms with E-state index in [0.717, 1.165) is 0 Å². The van der Waals surface area contributed by atoms with Gasteiger partial charge < -0.3 is 9.84 Å². The number of nitrogens with zero attached hydrogens (tertiary/aromatic N) is 1. The molecule has 2 aromatic rings. The summed E-state index contributed by atoms with van der Waals surface area (Å²) in [6.07, 6.45) is 1.54. The van der Waals surface area contributed by atoms with Crippen LogP contribution in [0.2, 0.25) is 0 Å². The summed E-state index contributed by atoms with van der Waals surface area (Å²) < 4.78 is 31.9. The van der Waals surface area contributed by atoms with Crippen molar-refractivity contribution in [2.45, 2.75) is 18.0 Å². The van der Waals surface area contributed by atoms with Crippen molar-refractivity contribution in [3.8, 4) is 5.88 Å². The van der Waals surface area contributed by atoms with Crippen molar-refractivity contribution in [3.63, 3.8) is 0 Å². The summed E-state index contributed by atoms with van der Waals surface area (Å²) in [5.41, 5.74) is 1.07. The Hall–Kier alpha value is -1.96. The minimum absolute atomic E-state index is 0.0778. The third kappa shape index (κ3) is 3.78. The van der Waals surface area contributed by atoms with Crippen LogP contribution in [0, 0.1) is 0 Å². The molecule has 7 heteroatoms. The highest BCUT2D eigenvalue weighted by atomic mass is 32.2. The first-order valence-corrected chi connectivity index (χ1v) is 7.72. The minimum atomic E-state index is -3.69. The second kappa shape index (κ2) is 6.66. The molecule has 0 bridgehead atoms. The molecule has 2 N–H and O–H groups in total. The topological polar surface area (TPSA) is 88.5 Å². The van der Waals surface area contributed by atoms with Crippen molar-refractivity contribution in [2.75, 3.05) is 7.11 Å². The van der Waals surface area contributed by atoms with Crippen LogP contribution in [0.5, 0.6) is 5.88 Å². The zero-order valence-corrected chi connectivity index (χ0v) is 12.3. The van der Waals surface area contributed by atoms with E-state index < -0.39 is 10.0 Å². The van der Waals surface area contributed by atoms with Crippen molar-refractivity contribution in [1.82, 2.24) is 9.71 Å². The van der Waals surface area contributed by atoms with Crippen molar-refractivity contribution < 1.29 is 18.3 Å². The lowest BCUT2D eigenvalue weighted by molar-refractivity contribution is 0.278. The van der Waals surface area contributed by atoms with Crippen LogP contribution in [0.4, 0.5) is 0 Å². The Bertz CT molecular complexity index is 699. The standard InChI is InChI=1S/C14H16N2O4S/c1-20-14-7-6-11(8-15-14)9-16-21(18,19)13-5-3-2-4-12(13)10-17/h2-8,16-17H,9-10H2,1H3. The molecular weight excluding hydrogens is 292 g/mol. The van der Waals surface area contributed by atoms with E-state index in [-0.39, 0.29) is 18.0 Å². The maximum Gasteiger partial charge on any atom is 0.241 e. The zero-order valence-electron chi connectivity index (χ0n) is 11.5. The molecule has 0 spiro atoms. The Morgan fingerprint density at radius 1 is 1.24 bits per heavy atom. The molecule has 2 rings (SSSR count). The van der Waals surface area contributed by atoms with E-state index in [9.17, 15) is 13.5 Å². The van der Waals surface area contributed by atoms with Crippen LogP contribution in [0.25, 0.3) is 0 Å². The van der Waals surface area contributed by atoms with E-state index in [1.165, 1.54) is 13.2 Å². The molecular formula is C14H16N2O4S. The molecule has 0 saturated heterocycles. The molecule has 1 heterocycles. The van der Waals surface area contributed by atoms with Crippen molar-refractivity contribution in [2.24, 2.45) is 0 Å². The summed E-state index contributed by atoms with van der Waals surface area (Å²) in [6.45, 7) is -0.222. The Labute approximate surface area is 123 Å². The minimum Gasteiger partial charge on any atom is -0.481 e. The molecule has 0 fully saturated rings. The summed E-state index contributed by atoms with van der Waals surface area (Å²) in [4.78, 5) is 4.09. The number of rotatable bonds is 6. The van der Waals surface area contributed by atoms with Gasteiger partial charge in [-0.2, -0.15) is 0 Å². The van der Waals surface area contributed by atoms with E-state index in [4.69, 9.17) is 4.74 Å². The monoisotopic (exact) mass is 308 g/mol. The number of methoxy groups -OCH3 is 1. The molecule has 0 atom stereocenters. The fourth-order valence-electron chi connectivity index (χ4n) is 1.79. The van der Waals surface area contributed by atoms with E-state index in [2.05, 4.69) is 9.71 Å². The number of aromatic nitrogens is 1. The van der Waals surface area contributed by atoms with Crippen LogP contribution < -0.4 is 9.46 Å². The smallest absolute Gasteiger partial charge is 0.241 e. The lowest BCUT2D eigenvalue weighted by atomic mass is 10.2. The number of ether oxygens (including phenoxy) is 1. The van der Waals surface area contributed by atoms with Gasteiger partial charge in [0.1, 0.15) is 0 Å². The predicted octanol–water partition coefficient (Wildman–Crippen LogP) is 1.06. The van der Waals surface area contributed by atoms with Crippen LogP contribution >= 0.6 is 0 Å². The van der Waals surface area contributed by atoms with Gasteiger partial charge in [0.05, 0.1) is 18.6 Å². The molecule has 112 valence electrons. The molecule has 0 aliphatic carbocycles. The maximum atomic E-state index is 12.2. The summed E-state index contributed by atoms with van der Waals surface area (Å²) in [5.74, 6) is 0.465. The van der Waals surface area contributed by atoms with Gasteiger partial charge in [0, 0.05) is 18.8 Å². The van der Waals surface area contributed by atoms with Crippen LogP contribution in [-0.2, 0) is 23.2 Å². The first-order chi connectivity index (χ1) is 10.1. The lowest BCUT2D eigenvalue weighted by Crippen LogP contribution is -2.24. The third-order valence-electron chi connectivity index (χ3n) is 2.91. The number of aliphatic hydroxyl groups excluding tert-OH is 1. The van der Waals surface area contributed by atoms with Gasteiger partial charge in [0.15, 0.2) is 0 Å². The normalized spacial score (nSPS) is 11.3. The van der Waals surface area contributed by atoms with Gasteiger partial charge in [-0.15, -0.1) is 0 Å². The number of sulfonamides is 1. The number of nitrogens with one attached hydrogen (secondary N) is 1. The Morgan fingerprint density at radius 2 is 2.00 bits per heavy atom. The summed E-state index contributed by atoms with van der Waals surface area (Å²) >= 11 is 0. The molecule has 0 aliphatic heterocycles. The quantitative estimate of drug-likeness (QED) is 0.833. The first-order valence-electron chi connectivity index (χ1n) is 6.24. The number of hydrogen-bond acceptors (Lipinski definition) is 5. The number of benzene rings is 1. The molecule has 21 heavy (non-hydrogen) atoms. The lowest BCUT2D eigenvalue weighted by Gasteiger charge is -2.10. The van der Waals surface area contributed by atoms with Crippen LogP contribution in [0.1, 0.15) is 11.1 Å². The predicted molar refractivity (Wildman–Crippen MR) is 77.2 cm³/mol. The van der Waals surface area contributed by atoms with Gasteiger partial charge in [-0.25, -0.2) is 18.1 Å². The SMILES string of the molecule is COc1ccc(CNS(=O)(=O)c2ccccc2CO)cn1. The van der Waals surface area contributed by atoms with Gasteiger partial charge in [0.2, 0.25) is 15.9 Å². The largest absolute Gasteiger partial charge is 0.481 e. The molecule has 0 aliphatic rings. The molecule has 1 aromatic carbocycles. The molecule has 1 aromatic heterocycles. The van der Waals surface area contributed by atoms with Gasteiger partial charge in [-0.1, -0.05) is 24.3 Å². The highest BCUT2D eigenvalue weighted by molar-refractivity contribution is 7.89. The number of pyridine rings is 1. The molecule has 0 amide bonds. The van der Waals surface area contributed by atoms with Crippen LogP contribution in [-0.4, -0.2) is 25.6 Å². The first kappa shape index (κ1) is 15.4. The van der Waals surface area contributed by atoms with Gasteiger partial charge in [0.25, 0.3) is 0 Å². The second-order valence-corrected chi connectivity index (χ2v) is 6.03. The average molecular weight is 308 g/mol. The second-order valence-electron chi connectivity index (χ2n) is 4.30. The highest BCUT2D eigenvalue weighted by Crippen LogP contribution is 2.16. The summed E-state index contributed by atoms with van der Waals surface area (Å²) in [7, 11) is -2.18. The van der Waals surface area contributed by atoms with Crippen molar-refractivity contribution in [3.05, 3.63) is 53.7 Å². The van der Waals surface area contributed by atoms with Gasteiger partial charge >= 0.3 is 0 Å². The van der Waals surface area contributed by atoms with E-state index in [1.807, 2.05) is 0 Å². The third-order valence-corrected chi connectivity index (χ3v) is 4.41. The molecule has 0 radical (unpaired) electrons. The van der Waals surface area contributed by atoms with E-state index in [1.54, 1.807) is 36.5 Å². The van der Waals surface area contributed by atoms with E-state index in [0.29, 0.717) is 17.0 Å². The molecule has 6 nitrogen and oxygen atoms in total. The number of hydrogen-bond donors (Lipinski definition) is 2. The van der Waals surface area contributed by atoms with Gasteiger partial charge in [-0.3, -0.25) is 0 Å². The van der Waals surface area contributed by atoms with Gasteiger partial charge in [-0.05, 0) is 17.2 Å². The Balaban J connectivity index is 2.13. The fraction of sp³-hybridized carbons (Fsp3) is 0.214. The number of aliphatic hydroxyl groups is 1. The van der Waals surface area contributed by atoms with E-state index >= 15 is 0 Å². The van der Waals surface area contributed by atoms with Crippen molar-refractivity contribution in [1.29, 1.82) is 0 Å². The fourth-order valence-corrected chi connectivity index (χ4v) is 3.04. The summed E-state index contributed by atoms with van der Waals surface area (Å²) in [6, 6.07) is 9.71. The molecule has 0 unspecified atom stereocenters. The maximum absolute atomic E-state index is 12.2. The zero-order chi connectivity index (χ0) is 15.3.